The van der Waals surface area contributed by atoms with Gasteiger partial charge in [-0.05, 0) is 17.7 Å². The summed E-state index contributed by atoms with van der Waals surface area (Å²) in [6.45, 7) is -0.646. The number of aromatic amines is 2. The minimum Gasteiger partial charge on any atom is -0.508 e. The van der Waals surface area contributed by atoms with Crippen molar-refractivity contribution in [2.24, 2.45) is 5.73 Å². The average molecular weight is 543 g/mol. The SMILES string of the molecule is NC(CO)C(=O)NC(Cc1cnc[nH]1)C(=O)NC(Cc1cnc[nH]1)C(=O)NC(Cc1ccc(O)cc1)C(=O)O. The molecule has 3 rings (SSSR count). The minimum atomic E-state index is -1.34. The number of aliphatic hydroxyl groups is 1. The number of hydrogen-bond donors (Lipinski definition) is 9. The molecule has 3 amide bonds. The van der Waals surface area contributed by atoms with Crippen LogP contribution in [0.1, 0.15) is 17.0 Å². The first-order chi connectivity index (χ1) is 18.7. The number of aliphatic hydroxyl groups excluding tert-OH is 1. The molecule has 3 aromatic rings. The van der Waals surface area contributed by atoms with Crippen LogP contribution in [0.2, 0.25) is 0 Å². The molecule has 2 heterocycles. The Kier molecular flexibility index (Phi) is 10.1. The third kappa shape index (κ3) is 8.65. The molecule has 2 aromatic heterocycles. The molecular formula is C24H30N8O7. The van der Waals surface area contributed by atoms with Crippen molar-refractivity contribution in [2.75, 3.05) is 6.61 Å². The van der Waals surface area contributed by atoms with Gasteiger partial charge in [0.25, 0.3) is 0 Å². The van der Waals surface area contributed by atoms with Gasteiger partial charge in [-0.25, -0.2) is 14.8 Å². The van der Waals surface area contributed by atoms with E-state index in [1.54, 1.807) is 0 Å². The first-order valence-electron chi connectivity index (χ1n) is 11.9. The molecular weight excluding hydrogens is 512 g/mol. The van der Waals surface area contributed by atoms with Crippen molar-refractivity contribution in [1.82, 2.24) is 35.9 Å². The van der Waals surface area contributed by atoms with Crippen molar-refractivity contribution in [2.45, 2.75) is 43.4 Å². The van der Waals surface area contributed by atoms with Crippen LogP contribution >= 0.6 is 0 Å². The zero-order chi connectivity index (χ0) is 28.4. The Balaban J connectivity index is 1.79. The average Bonchev–Trinajstić information content (AvgIpc) is 3.62. The number of amides is 3. The maximum absolute atomic E-state index is 13.3. The second-order valence-corrected chi connectivity index (χ2v) is 8.74. The number of carboxylic acids is 1. The summed E-state index contributed by atoms with van der Waals surface area (Å²) < 4.78 is 0. The van der Waals surface area contributed by atoms with Crippen LogP contribution in [0, 0.1) is 0 Å². The van der Waals surface area contributed by atoms with E-state index in [2.05, 4.69) is 35.9 Å². The third-order valence-corrected chi connectivity index (χ3v) is 5.75. The lowest BCUT2D eigenvalue weighted by Crippen LogP contribution is -2.58. The molecule has 0 aliphatic carbocycles. The van der Waals surface area contributed by atoms with Crippen molar-refractivity contribution >= 4 is 23.7 Å². The monoisotopic (exact) mass is 542 g/mol. The molecule has 0 spiro atoms. The lowest BCUT2D eigenvalue weighted by molar-refractivity contribution is -0.142. The van der Waals surface area contributed by atoms with Gasteiger partial charge in [-0.3, -0.25) is 14.4 Å². The Bertz CT molecular complexity index is 1230. The summed E-state index contributed by atoms with van der Waals surface area (Å²) in [7, 11) is 0. The second kappa shape index (κ2) is 13.7. The van der Waals surface area contributed by atoms with Crippen molar-refractivity contribution in [3.05, 3.63) is 66.3 Å². The van der Waals surface area contributed by atoms with Crippen LogP contribution in [0.4, 0.5) is 0 Å². The Morgan fingerprint density at radius 1 is 0.795 bits per heavy atom. The van der Waals surface area contributed by atoms with Crippen LogP contribution in [-0.4, -0.2) is 89.7 Å². The van der Waals surface area contributed by atoms with Crippen LogP contribution in [0.5, 0.6) is 5.75 Å². The number of carbonyl (C=O) groups excluding carboxylic acids is 3. The maximum Gasteiger partial charge on any atom is 0.326 e. The molecule has 10 N–H and O–H groups in total. The van der Waals surface area contributed by atoms with Crippen LogP contribution in [0.15, 0.2) is 49.3 Å². The normalized spacial score (nSPS) is 14.0. The third-order valence-electron chi connectivity index (χ3n) is 5.75. The number of nitrogens with one attached hydrogen (secondary N) is 5. The number of nitrogens with two attached hydrogens (primary N) is 1. The Hall–Kier alpha value is -4.76. The fraction of sp³-hybridized carbons (Fsp3) is 0.333. The topological polar surface area (TPSA) is 248 Å². The van der Waals surface area contributed by atoms with Gasteiger partial charge in [0.15, 0.2) is 0 Å². The maximum atomic E-state index is 13.3. The second-order valence-electron chi connectivity index (χ2n) is 8.74. The van der Waals surface area contributed by atoms with Gasteiger partial charge in [-0.1, -0.05) is 12.1 Å². The lowest BCUT2D eigenvalue weighted by Gasteiger charge is -2.25. The molecule has 0 fully saturated rings. The van der Waals surface area contributed by atoms with E-state index >= 15 is 0 Å². The number of rotatable bonds is 14. The molecule has 0 bridgehead atoms. The first-order valence-corrected chi connectivity index (χ1v) is 11.9. The summed E-state index contributed by atoms with van der Waals surface area (Å²) in [5, 5.41) is 35.8. The van der Waals surface area contributed by atoms with E-state index in [-0.39, 0.29) is 25.0 Å². The summed E-state index contributed by atoms with van der Waals surface area (Å²) >= 11 is 0. The zero-order valence-corrected chi connectivity index (χ0v) is 20.7. The number of imidazole rings is 2. The molecule has 15 heteroatoms. The number of aromatic nitrogens is 4. The number of phenolic OH excluding ortho intramolecular Hbond substituents is 1. The van der Waals surface area contributed by atoms with Crippen LogP contribution in [-0.2, 0) is 38.4 Å². The summed E-state index contributed by atoms with van der Waals surface area (Å²) in [5.74, 6) is -3.62. The smallest absolute Gasteiger partial charge is 0.326 e. The molecule has 4 unspecified atom stereocenters. The molecule has 0 aliphatic heterocycles. The number of carbonyl (C=O) groups is 4. The molecule has 1 aromatic carbocycles. The van der Waals surface area contributed by atoms with Gasteiger partial charge >= 0.3 is 5.97 Å². The standard InChI is InChI=1S/C24H30N8O7/c25-17(10-33)21(35)30-18(6-14-8-26-11-28-14)22(36)31-19(7-15-9-27-12-29-15)23(37)32-20(24(38)39)5-13-1-3-16(34)4-2-13/h1-4,8-9,11-12,17-20,33-34H,5-7,10,25H2,(H,26,28)(H,27,29)(H,30,35)(H,31,36)(H,32,37)(H,38,39). The molecule has 15 nitrogen and oxygen atoms in total. The predicted molar refractivity (Wildman–Crippen MR) is 135 cm³/mol. The summed E-state index contributed by atoms with van der Waals surface area (Å²) in [4.78, 5) is 64.2. The molecule has 0 saturated carbocycles. The van der Waals surface area contributed by atoms with Gasteiger partial charge in [0, 0.05) is 43.0 Å². The molecule has 0 saturated heterocycles. The number of phenols is 1. The fourth-order valence-electron chi connectivity index (χ4n) is 3.63. The summed E-state index contributed by atoms with van der Waals surface area (Å²) in [6, 6.07) is 0.769. The Morgan fingerprint density at radius 2 is 1.28 bits per heavy atom. The van der Waals surface area contributed by atoms with E-state index in [9.17, 15) is 34.5 Å². The molecule has 0 aliphatic rings. The first kappa shape index (κ1) is 28.8. The highest BCUT2D eigenvalue weighted by Gasteiger charge is 2.31. The van der Waals surface area contributed by atoms with Gasteiger partial charge < -0.3 is 47.0 Å². The van der Waals surface area contributed by atoms with E-state index in [0.29, 0.717) is 17.0 Å². The van der Waals surface area contributed by atoms with Gasteiger partial charge in [0.2, 0.25) is 17.7 Å². The molecule has 0 radical (unpaired) electrons. The number of carboxylic acid groups (broad SMARTS) is 1. The summed E-state index contributed by atoms with van der Waals surface area (Å²) in [6.07, 6.45) is 5.49. The van der Waals surface area contributed by atoms with Gasteiger partial charge in [0.1, 0.15) is 29.9 Å². The molecule has 4 atom stereocenters. The fourth-order valence-corrected chi connectivity index (χ4v) is 3.63. The molecule has 208 valence electrons. The highest BCUT2D eigenvalue weighted by atomic mass is 16.4. The van der Waals surface area contributed by atoms with Gasteiger partial charge in [-0.2, -0.15) is 0 Å². The van der Waals surface area contributed by atoms with Crippen molar-refractivity contribution in [3.63, 3.8) is 0 Å². The van der Waals surface area contributed by atoms with E-state index in [1.807, 2.05) is 0 Å². The van der Waals surface area contributed by atoms with Gasteiger partial charge in [0.05, 0.1) is 19.3 Å². The van der Waals surface area contributed by atoms with Crippen molar-refractivity contribution < 1.29 is 34.5 Å². The highest BCUT2D eigenvalue weighted by molar-refractivity contribution is 5.94. The minimum absolute atomic E-state index is 0.00807. The van der Waals surface area contributed by atoms with Crippen LogP contribution < -0.4 is 21.7 Å². The zero-order valence-electron chi connectivity index (χ0n) is 20.7. The number of benzene rings is 1. The number of nitrogens with zero attached hydrogens (tertiary/aromatic N) is 2. The summed E-state index contributed by atoms with van der Waals surface area (Å²) in [5.41, 5.74) is 7.11. The number of aromatic hydroxyl groups is 1. The van der Waals surface area contributed by atoms with Crippen molar-refractivity contribution in [1.29, 1.82) is 0 Å². The van der Waals surface area contributed by atoms with E-state index in [1.165, 1.54) is 49.3 Å². The van der Waals surface area contributed by atoms with Crippen LogP contribution in [0.3, 0.4) is 0 Å². The molecule has 39 heavy (non-hydrogen) atoms. The Labute approximate surface area is 222 Å². The number of aliphatic carboxylic acids is 1. The number of hydrogen-bond acceptors (Lipinski definition) is 9. The van der Waals surface area contributed by atoms with Crippen molar-refractivity contribution in [3.8, 4) is 5.75 Å². The predicted octanol–water partition coefficient (Wildman–Crippen LogP) is -2.28. The van der Waals surface area contributed by atoms with Gasteiger partial charge in [-0.15, -0.1) is 0 Å². The lowest BCUT2D eigenvalue weighted by atomic mass is 10.0. The van der Waals surface area contributed by atoms with E-state index in [4.69, 9.17) is 5.73 Å². The number of H-pyrrole nitrogens is 2. The van der Waals surface area contributed by atoms with E-state index in [0.717, 1.165) is 0 Å². The quantitative estimate of drug-likeness (QED) is 0.106. The Morgan fingerprint density at radius 3 is 1.72 bits per heavy atom. The highest BCUT2D eigenvalue weighted by Crippen LogP contribution is 2.12. The largest absolute Gasteiger partial charge is 0.508 e. The van der Waals surface area contributed by atoms with Crippen LogP contribution in [0.25, 0.3) is 0 Å². The van der Waals surface area contributed by atoms with E-state index < -0.39 is 54.5 Å².